The van der Waals surface area contributed by atoms with Crippen molar-refractivity contribution in [1.82, 2.24) is 15.6 Å². The second kappa shape index (κ2) is 7.30. The highest BCUT2D eigenvalue weighted by molar-refractivity contribution is 7.10. The number of hydrogen-bond donors (Lipinski definition) is 2. The zero-order valence-corrected chi connectivity index (χ0v) is 13.9. The van der Waals surface area contributed by atoms with E-state index in [1.807, 2.05) is 11.4 Å². The molecule has 9 heteroatoms. The third kappa shape index (κ3) is 4.85. The van der Waals surface area contributed by atoms with E-state index in [0.29, 0.717) is 5.56 Å². The number of rotatable bonds is 5. The van der Waals surface area contributed by atoms with Crippen LogP contribution < -0.4 is 15.4 Å². The minimum atomic E-state index is -4.42. The van der Waals surface area contributed by atoms with Crippen molar-refractivity contribution in [3.8, 4) is 5.88 Å². The predicted molar refractivity (Wildman–Crippen MR) is 86.5 cm³/mol. The van der Waals surface area contributed by atoms with Crippen molar-refractivity contribution in [2.45, 2.75) is 31.6 Å². The maximum Gasteiger partial charge on any atom is 0.422 e. The molecule has 0 fully saturated rings. The van der Waals surface area contributed by atoms with Gasteiger partial charge in [0.2, 0.25) is 5.88 Å². The van der Waals surface area contributed by atoms with Gasteiger partial charge in [0.1, 0.15) is 0 Å². The third-order valence-electron chi connectivity index (χ3n) is 3.76. The van der Waals surface area contributed by atoms with Gasteiger partial charge in [0.05, 0.1) is 6.04 Å². The van der Waals surface area contributed by atoms with E-state index in [0.717, 1.165) is 18.4 Å². The molecule has 0 radical (unpaired) electrons. The number of hydrogen-bond acceptors (Lipinski definition) is 4. The molecule has 1 unspecified atom stereocenters. The second-order valence-corrected chi connectivity index (χ2v) is 6.62. The van der Waals surface area contributed by atoms with Gasteiger partial charge in [0.15, 0.2) is 6.61 Å². The summed E-state index contributed by atoms with van der Waals surface area (Å²) >= 11 is 1.69. The molecule has 25 heavy (non-hydrogen) atoms. The SMILES string of the molecule is O=C(NCc1ccnc(OCC(F)(F)F)c1)NC1CCc2sccc21. The maximum absolute atomic E-state index is 12.2. The van der Waals surface area contributed by atoms with Crippen molar-refractivity contribution < 1.29 is 22.7 Å². The third-order valence-corrected chi connectivity index (χ3v) is 4.75. The Morgan fingerprint density at radius 2 is 2.24 bits per heavy atom. The van der Waals surface area contributed by atoms with Gasteiger partial charge in [-0.25, -0.2) is 9.78 Å². The van der Waals surface area contributed by atoms with Crippen molar-refractivity contribution in [2.24, 2.45) is 0 Å². The summed E-state index contributed by atoms with van der Waals surface area (Å²) in [5.41, 5.74) is 1.76. The minimum absolute atomic E-state index is 0.00405. The second-order valence-electron chi connectivity index (χ2n) is 5.62. The number of carbonyl (C=O) groups is 1. The Kier molecular flexibility index (Phi) is 5.12. The van der Waals surface area contributed by atoms with Crippen molar-refractivity contribution >= 4 is 17.4 Å². The maximum atomic E-state index is 12.2. The number of nitrogens with zero attached hydrogens (tertiary/aromatic N) is 1. The molecule has 0 bridgehead atoms. The molecule has 1 atom stereocenters. The number of halogens is 3. The Balaban J connectivity index is 1.49. The lowest BCUT2D eigenvalue weighted by molar-refractivity contribution is -0.154. The van der Waals surface area contributed by atoms with Gasteiger partial charge < -0.3 is 15.4 Å². The molecule has 2 heterocycles. The van der Waals surface area contributed by atoms with Gasteiger partial charge in [-0.2, -0.15) is 13.2 Å². The van der Waals surface area contributed by atoms with Gasteiger partial charge in [-0.05, 0) is 41.5 Å². The van der Waals surface area contributed by atoms with E-state index in [-0.39, 0.29) is 24.5 Å². The topological polar surface area (TPSA) is 63.2 Å². The minimum Gasteiger partial charge on any atom is -0.468 e. The van der Waals surface area contributed by atoms with Crippen LogP contribution in [-0.4, -0.2) is 23.8 Å². The molecule has 3 rings (SSSR count). The van der Waals surface area contributed by atoms with Crippen molar-refractivity contribution in [3.63, 3.8) is 0 Å². The molecule has 0 aliphatic heterocycles. The molecule has 1 aliphatic carbocycles. The molecule has 134 valence electrons. The van der Waals surface area contributed by atoms with Crippen LogP contribution >= 0.6 is 11.3 Å². The number of carbonyl (C=O) groups excluding carboxylic acids is 1. The Morgan fingerprint density at radius 1 is 1.40 bits per heavy atom. The van der Waals surface area contributed by atoms with Crippen LogP contribution in [-0.2, 0) is 13.0 Å². The highest BCUT2D eigenvalue weighted by atomic mass is 32.1. The molecule has 0 saturated heterocycles. The summed E-state index contributed by atoms with van der Waals surface area (Å²) < 4.78 is 41.1. The Hall–Kier alpha value is -2.29. The molecule has 2 amide bonds. The molecule has 1 aliphatic rings. The normalized spacial score (nSPS) is 16.4. The molecule has 2 N–H and O–H groups in total. The number of fused-ring (bicyclic) bond motifs is 1. The van der Waals surface area contributed by atoms with E-state index in [4.69, 9.17) is 0 Å². The predicted octanol–water partition coefficient (Wildman–Crippen LogP) is 3.57. The number of alkyl halides is 3. The van der Waals surface area contributed by atoms with E-state index in [1.54, 1.807) is 17.4 Å². The van der Waals surface area contributed by atoms with Crippen molar-refractivity contribution in [2.75, 3.05) is 6.61 Å². The summed E-state index contributed by atoms with van der Waals surface area (Å²) in [6, 6.07) is 4.68. The van der Waals surface area contributed by atoms with Crippen LogP contribution in [0.3, 0.4) is 0 Å². The van der Waals surface area contributed by atoms with E-state index in [1.165, 1.54) is 17.1 Å². The number of amides is 2. The van der Waals surface area contributed by atoms with Gasteiger partial charge in [0.25, 0.3) is 0 Å². The van der Waals surface area contributed by atoms with Crippen molar-refractivity contribution in [3.05, 3.63) is 45.8 Å². The van der Waals surface area contributed by atoms with Crippen LogP contribution in [0, 0.1) is 0 Å². The highest BCUT2D eigenvalue weighted by Crippen LogP contribution is 2.34. The Bertz CT molecular complexity index is 748. The lowest BCUT2D eigenvalue weighted by atomic mass is 10.2. The van der Waals surface area contributed by atoms with Crippen LogP contribution in [0.4, 0.5) is 18.0 Å². The first-order chi connectivity index (χ1) is 11.9. The quantitative estimate of drug-likeness (QED) is 0.845. The zero-order valence-electron chi connectivity index (χ0n) is 13.1. The smallest absolute Gasteiger partial charge is 0.422 e. The number of pyridine rings is 1. The van der Waals surface area contributed by atoms with Crippen LogP contribution in [0.1, 0.15) is 28.5 Å². The highest BCUT2D eigenvalue weighted by Gasteiger charge is 2.28. The summed E-state index contributed by atoms with van der Waals surface area (Å²) in [7, 11) is 0. The number of urea groups is 1. The van der Waals surface area contributed by atoms with E-state index in [2.05, 4.69) is 20.4 Å². The number of thiophene rings is 1. The first-order valence-electron chi connectivity index (χ1n) is 7.66. The Morgan fingerprint density at radius 3 is 3.04 bits per heavy atom. The zero-order chi connectivity index (χ0) is 17.9. The number of aryl methyl sites for hydroxylation is 1. The van der Waals surface area contributed by atoms with Crippen LogP contribution in [0.25, 0.3) is 0 Å². The number of nitrogens with one attached hydrogen (secondary N) is 2. The number of aromatic nitrogens is 1. The molecule has 5 nitrogen and oxygen atoms in total. The average Bonchev–Trinajstić information content (AvgIpc) is 3.16. The van der Waals surface area contributed by atoms with Crippen LogP contribution in [0.5, 0.6) is 5.88 Å². The van der Waals surface area contributed by atoms with E-state index >= 15 is 0 Å². The summed E-state index contributed by atoms with van der Waals surface area (Å²) in [4.78, 5) is 17.1. The van der Waals surface area contributed by atoms with Gasteiger partial charge >= 0.3 is 12.2 Å². The summed E-state index contributed by atoms with van der Waals surface area (Å²) in [6.07, 6.45) is -1.24. The van der Waals surface area contributed by atoms with E-state index in [9.17, 15) is 18.0 Å². The summed E-state index contributed by atoms with van der Waals surface area (Å²) in [5, 5.41) is 7.62. The standard InChI is InChI=1S/C16H16F3N3O2S/c17-16(18,19)9-24-14-7-10(3-5-20-14)8-21-15(23)22-12-1-2-13-11(12)4-6-25-13/h3-7,12H,1-2,8-9H2,(H2,21,22,23). The van der Waals surface area contributed by atoms with Gasteiger partial charge in [-0.15, -0.1) is 11.3 Å². The van der Waals surface area contributed by atoms with Crippen molar-refractivity contribution in [1.29, 1.82) is 0 Å². The van der Waals surface area contributed by atoms with Gasteiger partial charge in [-0.1, -0.05) is 0 Å². The molecule has 0 saturated carbocycles. The lowest BCUT2D eigenvalue weighted by Crippen LogP contribution is -2.36. The molecule has 2 aromatic heterocycles. The van der Waals surface area contributed by atoms with Gasteiger partial charge in [0, 0.05) is 23.7 Å². The Labute approximate surface area is 146 Å². The number of ether oxygens (including phenoxy) is 1. The molecular formula is C16H16F3N3O2S. The monoisotopic (exact) mass is 371 g/mol. The van der Waals surface area contributed by atoms with Crippen LogP contribution in [0.2, 0.25) is 0 Å². The molecule has 0 aromatic carbocycles. The fraction of sp³-hybridized carbons (Fsp3) is 0.375. The average molecular weight is 371 g/mol. The fourth-order valence-electron chi connectivity index (χ4n) is 2.63. The van der Waals surface area contributed by atoms with Gasteiger partial charge in [-0.3, -0.25) is 0 Å². The summed E-state index contributed by atoms with van der Waals surface area (Å²) in [5.74, 6) is -0.129. The fourth-order valence-corrected chi connectivity index (χ4v) is 3.59. The van der Waals surface area contributed by atoms with Crippen LogP contribution in [0.15, 0.2) is 29.8 Å². The molecule has 0 spiro atoms. The lowest BCUT2D eigenvalue weighted by Gasteiger charge is -2.14. The molecular weight excluding hydrogens is 355 g/mol. The molecule has 2 aromatic rings. The first kappa shape index (κ1) is 17.5. The largest absolute Gasteiger partial charge is 0.468 e. The first-order valence-corrected chi connectivity index (χ1v) is 8.54. The van der Waals surface area contributed by atoms with E-state index < -0.39 is 12.8 Å². The summed E-state index contributed by atoms with van der Waals surface area (Å²) in [6.45, 7) is -1.23.